The van der Waals surface area contributed by atoms with Gasteiger partial charge in [0.25, 0.3) is 10.0 Å². The third-order valence-electron chi connectivity index (χ3n) is 2.47. The first-order chi connectivity index (χ1) is 9.92. The summed E-state index contributed by atoms with van der Waals surface area (Å²) in [6.45, 7) is 0. The topological polar surface area (TPSA) is 70.0 Å². The molecule has 0 fully saturated rings. The van der Waals surface area contributed by atoms with Gasteiger partial charge in [0.05, 0.1) is 10.6 Å². The molecule has 0 aliphatic rings. The molecule has 0 amide bonds. The average molecular weight is 404 g/mol. The minimum atomic E-state index is -3.69. The third kappa shape index (κ3) is 4.14. The molecule has 2 aromatic carbocycles. The van der Waals surface area contributed by atoms with Gasteiger partial charge in [-0.3, -0.25) is 4.72 Å². The quantitative estimate of drug-likeness (QED) is 0.604. The van der Waals surface area contributed by atoms with Crippen molar-refractivity contribution in [2.45, 2.75) is 9.79 Å². The molecule has 8 heteroatoms. The Morgan fingerprint density at radius 2 is 1.86 bits per heavy atom. The van der Waals surface area contributed by atoms with Crippen molar-refractivity contribution in [1.82, 2.24) is 0 Å². The number of nitrogens with one attached hydrogen (secondary N) is 1. The van der Waals surface area contributed by atoms with E-state index in [1.807, 2.05) is 5.40 Å². The first kappa shape index (κ1) is 16.2. The van der Waals surface area contributed by atoms with Gasteiger partial charge in [0.1, 0.15) is 5.40 Å². The lowest BCUT2D eigenvalue weighted by molar-refractivity contribution is 0.601. The van der Waals surface area contributed by atoms with E-state index >= 15 is 0 Å². The molecule has 0 radical (unpaired) electrons. The van der Waals surface area contributed by atoms with Gasteiger partial charge in [-0.2, -0.15) is 5.26 Å². The molecule has 2 aromatic rings. The van der Waals surface area contributed by atoms with Crippen molar-refractivity contribution in [3.8, 4) is 5.40 Å². The maximum atomic E-state index is 12.2. The van der Waals surface area contributed by atoms with Crippen LogP contribution in [-0.2, 0) is 10.0 Å². The van der Waals surface area contributed by atoms with Crippen LogP contribution in [0.4, 0.5) is 5.69 Å². The van der Waals surface area contributed by atoms with Crippen LogP contribution in [0.5, 0.6) is 0 Å². The molecule has 0 unspecified atom stereocenters. The molecule has 0 aliphatic heterocycles. The van der Waals surface area contributed by atoms with Crippen molar-refractivity contribution in [2.75, 3.05) is 4.72 Å². The van der Waals surface area contributed by atoms with Crippen LogP contribution < -0.4 is 4.72 Å². The highest BCUT2D eigenvalue weighted by Gasteiger charge is 2.15. The number of nitriles is 1. The Morgan fingerprint density at radius 3 is 2.43 bits per heavy atom. The van der Waals surface area contributed by atoms with Crippen LogP contribution >= 0.6 is 39.3 Å². The van der Waals surface area contributed by atoms with E-state index in [0.717, 1.165) is 16.7 Å². The van der Waals surface area contributed by atoms with E-state index in [-0.39, 0.29) is 4.90 Å². The average Bonchev–Trinajstić information content (AvgIpc) is 2.42. The molecule has 2 rings (SSSR count). The van der Waals surface area contributed by atoms with Gasteiger partial charge in [-0.15, -0.1) is 0 Å². The fourth-order valence-corrected chi connectivity index (χ4v) is 3.90. The van der Waals surface area contributed by atoms with Crippen LogP contribution in [0.1, 0.15) is 0 Å². The van der Waals surface area contributed by atoms with E-state index in [1.54, 1.807) is 18.2 Å². The SMILES string of the molecule is N#CSc1ccc(NS(=O)(=O)c2ccc(Cl)cc2)c(Br)c1. The predicted molar refractivity (Wildman–Crippen MR) is 87.9 cm³/mol. The molecule has 108 valence electrons. The molecule has 0 heterocycles. The van der Waals surface area contributed by atoms with E-state index in [2.05, 4.69) is 20.7 Å². The van der Waals surface area contributed by atoms with Crippen molar-refractivity contribution >= 4 is 55.0 Å². The van der Waals surface area contributed by atoms with Crippen LogP contribution in [0.3, 0.4) is 0 Å². The number of hydrogen-bond donors (Lipinski definition) is 1. The Kier molecular flexibility index (Phi) is 5.17. The predicted octanol–water partition coefficient (Wildman–Crippen LogP) is 4.48. The molecule has 0 aromatic heterocycles. The Balaban J connectivity index is 2.29. The summed E-state index contributed by atoms with van der Waals surface area (Å²) >= 11 is 10.0. The minimum absolute atomic E-state index is 0.120. The zero-order chi connectivity index (χ0) is 15.5. The molecule has 0 aliphatic carbocycles. The number of thiocyanates is 1. The van der Waals surface area contributed by atoms with E-state index in [9.17, 15) is 8.42 Å². The molecule has 0 atom stereocenters. The number of rotatable bonds is 4. The molecule has 0 saturated carbocycles. The normalized spacial score (nSPS) is 10.9. The number of hydrogen-bond acceptors (Lipinski definition) is 4. The van der Waals surface area contributed by atoms with E-state index in [0.29, 0.717) is 15.2 Å². The van der Waals surface area contributed by atoms with Gasteiger partial charge in [0, 0.05) is 14.4 Å². The van der Waals surface area contributed by atoms with E-state index in [4.69, 9.17) is 16.9 Å². The van der Waals surface area contributed by atoms with Gasteiger partial charge in [0.2, 0.25) is 0 Å². The summed E-state index contributed by atoms with van der Waals surface area (Å²) in [7, 11) is -3.69. The van der Waals surface area contributed by atoms with Crippen molar-refractivity contribution in [2.24, 2.45) is 0 Å². The Hall–Kier alpha value is -1.20. The standard InChI is InChI=1S/C13H8BrClN2O2S2/c14-12-7-10(20-8-16)3-6-13(12)17-21(18,19)11-4-1-9(15)2-5-11/h1-7,17H. The molecule has 21 heavy (non-hydrogen) atoms. The summed E-state index contributed by atoms with van der Waals surface area (Å²) in [6, 6.07) is 10.8. The molecule has 0 spiro atoms. The zero-order valence-corrected chi connectivity index (χ0v) is 14.4. The highest BCUT2D eigenvalue weighted by Crippen LogP contribution is 2.30. The molecule has 1 N–H and O–H groups in total. The third-order valence-corrected chi connectivity index (χ3v) is 5.34. The monoisotopic (exact) mass is 402 g/mol. The number of nitrogens with zero attached hydrogens (tertiary/aromatic N) is 1. The van der Waals surface area contributed by atoms with Crippen molar-refractivity contribution in [3.63, 3.8) is 0 Å². The highest BCUT2D eigenvalue weighted by molar-refractivity contribution is 9.10. The van der Waals surface area contributed by atoms with Gasteiger partial charge in [-0.25, -0.2) is 8.42 Å². The number of thioether (sulfide) groups is 1. The maximum absolute atomic E-state index is 12.2. The van der Waals surface area contributed by atoms with E-state index < -0.39 is 10.0 Å². The second-order valence-corrected chi connectivity index (χ2v) is 7.73. The molecule has 0 bridgehead atoms. The maximum Gasteiger partial charge on any atom is 0.261 e. The van der Waals surface area contributed by atoms with Crippen LogP contribution in [0.15, 0.2) is 56.7 Å². The number of sulfonamides is 1. The second-order valence-electron chi connectivity index (χ2n) is 3.89. The largest absolute Gasteiger partial charge is 0.278 e. The van der Waals surface area contributed by atoms with Gasteiger partial charge >= 0.3 is 0 Å². The van der Waals surface area contributed by atoms with Crippen LogP contribution in [0, 0.1) is 10.7 Å². The molecular formula is C13H8BrClN2O2S2. The van der Waals surface area contributed by atoms with Gasteiger partial charge in [-0.05, 0) is 70.2 Å². The summed E-state index contributed by atoms with van der Waals surface area (Å²) in [5.41, 5.74) is 0.396. The lowest BCUT2D eigenvalue weighted by atomic mass is 10.3. The van der Waals surface area contributed by atoms with Gasteiger partial charge < -0.3 is 0 Å². The van der Waals surface area contributed by atoms with Crippen LogP contribution in [0.25, 0.3) is 0 Å². The number of halogens is 2. The summed E-state index contributed by atoms with van der Waals surface area (Å²) in [5, 5.41) is 11.0. The first-order valence-electron chi connectivity index (χ1n) is 5.56. The lowest BCUT2D eigenvalue weighted by Gasteiger charge is -2.10. The first-order valence-corrected chi connectivity index (χ1v) is 9.03. The smallest absolute Gasteiger partial charge is 0.261 e. The fourth-order valence-electron chi connectivity index (χ4n) is 1.51. The fraction of sp³-hybridized carbons (Fsp3) is 0. The number of benzene rings is 2. The molecule has 0 saturated heterocycles. The Bertz CT molecular complexity index is 802. The summed E-state index contributed by atoms with van der Waals surface area (Å²) in [4.78, 5) is 0.841. The lowest BCUT2D eigenvalue weighted by Crippen LogP contribution is -2.13. The van der Waals surface area contributed by atoms with Gasteiger partial charge in [0.15, 0.2) is 0 Å². The van der Waals surface area contributed by atoms with Crippen LogP contribution in [-0.4, -0.2) is 8.42 Å². The molecule has 4 nitrogen and oxygen atoms in total. The van der Waals surface area contributed by atoms with Gasteiger partial charge in [-0.1, -0.05) is 11.6 Å². The minimum Gasteiger partial charge on any atom is -0.278 e. The van der Waals surface area contributed by atoms with Crippen molar-refractivity contribution < 1.29 is 8.42 Å². The summed E-state index contributed by atoms with van der Waals surface area (Å²) in [5.74, 6) is 0. The summed E-state index contributed by atoms with van der Waals surface area (Å²) in [6.07, 6.45) is 0. The Labute approximate surface area is 140 Å². The van der Waals surface area contributed by atoms with E-state index in [1.165, 1.54) is 24.3 Å². The zero-order valence-electron chi connectivity index (χ0n) is 10.4. The summed E-state index contributed by atoms with van der Waals surface area (Å²) < 4.78 is 27.5. The Morgan fingerprint density at radius 1 is 1.19 bits per heavy atom. The highest BCUT2D eigenvalue weighted by atomic mass is 79.9. The molecular weight excluding hydrogens is 396 g/mol. The van der Waals surface area contributed by atoms with Crippen LogP contribution in [0.2, 0.25) is 5.02 Å². The number of anilines is 1. The van der Waals surface area contributed by atoms with Crippen molar-refractivity contribution in [3.05, 3.63) is 52.0 Å². The van der Waals surface area contributed by atoms with Crippen molar-refractivity contribution in [1.29, 1.82) is 5.26 Å². The second kappa shape index (κ2) is 6.71.